The fourth-order valence-corrected chi connectivity index (χ4v) is 4.33. The Morgan fingerprint density at radius 3 is 2.47 bits per heavy atom. The van der Waals surface area contributed by atoms with Gasteiger partial charge in [0.2, 0.25) is 0 Å². The number of hydrogen-bond donors (Lipinski definition) is 2. The number of nitrogens with one attached hydrogen (secondary N) is 2. The molecular formula is C25H23F2N5OS. The maximum absolute atomic E-state index is 13.4. The largest absolute Gasteiger partial charge is 0.331 e. The lowest BCUT2D eigenvalue weighted by Gasteiger charge is -2.12. The number of anilines is 1. The fraction of sp³-hybridized carbons (Fsp3) is 0.160. The van der Waals surface area contributed by atoms with Crippen molar-refractivity contribution >= 4 is 23.5 Å². The number of benzene rings is 3. The van der Waals surface area contributed by atoms with Crippen LogP contribution in [0.3, 0.4) is 0 Å². The Balaban J connectivity index is 1.51. The molecular weight excluding hydrogens is 456 g/mol. The van der Waals surface area contributed by atoms with Gasteiger partial charge in [-0.1, -0.05) is 53.7 Å². The van der Waals surface area contributed by atoms with Gasteiger partial charge in [-0.05, 0) is 49.2 Å². The molecule has 0 bridgehead atoms. The van der Waals surface area contributed by atoms with E-state index < -0.39 is 17.7 Å². The SMILES string of the molecule is Cc1ccc(-n2c(CNC(=O)Nc3ccc(F)c(F)c3)nnc2SCc2ccccc2C)cc1. The molecule has 34 heavy (non-hydrogen) atoms. The lowest BCUT2D eigenvalue weighted by Crippen LogP contribution is -2.29. The second-order valence-electron chi connectivity index (χ2n) is 7.72. The number of halogens is 2. The molecule has 9 heteroatoms. The van der Waals surface area contributed by atoms with Crippen LogP contribution >= 0.6 is 11.8 Å². The van der Waals surface area contributed by atoms with E-state index in [9.17, 15) is 13.6 Å². The van der Waals surface area contributed by atoms with Crippen LogP contribution in [0.25, 0.3) is 5.69 Å². The number of amides is 2. The van der Waals surface area contributed by atoms with Crippen molar-refractivity contribution in [1.29, 1.82) is 0 Å². The maximum atomic E-state index is 13.4. The predicted octanol–water partition coefficient (Wildman–Crippen LogP) is 5.78. The molecule has 4 aromatic rings. The van der Waals surface area contributed by atoms with Gasteiger partial charge in [0, 0.05) is 23.2 Å². The Labute approximate surface area is 200 Å². The molecule has 0 unspecified atom stereocenters. The van der Waals surface area contributed by atoms with Gasteiger partial charge in [0.15, 0.2) is 22.6 Å². The molecule has 3 aromatic carbocycles. The third-order valence-corrected chi connectivity index (χ3v) is 6.17. The summed E-state index contributed by atoms with van der Waals surface area (Å²) >= 11 is 1.56. The van der Waals surface area contributed by atoms with Gasteiger partial charge in [0.25, 0.3) is 0 Å². The topological polar surface area (TPSA) is 71.8 Å². The quantitative estimate of drug-likeness (QED) is 0.330. The first kappa shape index (κ1) is 23.4. The molecule has 1 heterocycles. The molecule has 2 amide bonds. The Kier molecular flexibility index (Phi) is 7.22. The number of carbonyl (C=O) groups is 1. The first-order valence-corrected chi connectivity index (χ1v) is 11.6. The third kappa shape index (κ3) is 5.60. The minimum absolute atomic E-state index is 0.0846. The van der Waals surface area contributed by atoms with Gasteiger partial charge < -0.3 is 10.6 Å². The van der Waals surface area contributed by atoms with Crippen molar-refractivity contribution in [1.82, 2.24) is 20.1 Å². The minimum Gasteiger partial charge on any atom is -0.331 e. The monoisotopic (exact) mass is 479 g/mol. The zero-order valence-corrected chi connectivity index (χ0v) is 19.5. The minimum atomic E-state index is -1.03. The van der Waals surface area contributed by atoms with Crippen molar-refractivity contribution in [2.45, 2.75) is 31.3 Å². The molecule has 0 fully saturated rings. The molecule has 174 valence electrons. The van der Waals surface area contributed by atoms with Gasteiger partial charge in [0.05, 0.1) is 6.54 Å². The Bertz CT molecular complexity index is 1310. The molecule has 0 saturated heterocycles. The summed E-state index contributed by atoms with van der Waals surface area (Å²) in [7, 11) is 0. The maximum Gasteiger partial charge on any atom is 0.319 e. The van der Waals surface area contributed by atoms with E-state index in [1.165, 1.54) is 17.2 Å². The highest BCUT2D eigenvalue weighted by molar-refractivity contribution is 7.98. The van der Waals surface area contributed by atoms with Crippen LogP contribution in [0.2, 0.25) is 0 Å². The van der Waals surface area contributed by atoms with E-state index in [1.807, 2.05) is 47.9 Å². The molecule has 2 N–H and O–H groups in total. The molecule has 4 rings (SSSR count). The van der Waals surface area contributed by atoms with Crippen molar-refractivity contribution in [2.75, 3.05) is 5.32 Å². The van der Waals surface area contributed by atoms with Gasteiger partial charge in [-0.2, -0.15) is 0 Å². The van der Waals surface area contributed by atoms with Gasteiger partial charge in [-0.3, -0.25) is 4.57 Å². The summed E-state index contributed by atoms with van der Waals surface area (Å²) in [6.45, 7) is 4.16. The number of thioether (sulfide) groups is 1. The summed E-state index contributed by atoms with van der Waals surface area (Å²) in [4.78, 5) is 12.3. The second kappa shape index (κ2) is 10.5. The normalized spacial score (nSPS) is 10.8. The highest BCUT2D eigenvalue weighted by atomic mass is 32.2. The number of aryl methyl sites for hydroxylation is 2. The van der Waals surface area contributed by atoms with Crippen LogP contribution in [0.4, 0.5) is 19.3 Å². The van der Waals surface area contributed by atoms with Crippen LogP contribution in [-0.2, 0) is 12.3 Å². The van der Waals surface area contributed by atoms with Crippen LogP contribution in [0.5, 0.6) is 0 Å². The Morgan fingerprint density at radius 2 is 1.74 bits per heavy atom. The van der Waals surface area contributed by atoms with E-state index in [2.05, 4.69) is 39.9 Å². The smallest absolute Gasteiger partial charge is 0.319 e. The molecule has 0 saturated carbocycles. The van der Waals surface area contributed by atoms with E-state index in [1.54, 1.807) is 11.8 Å². The molecule has 0 atom stereocenters. The van der Waals surface area contributed by atoms with Gasteiger partial charge in [-0.25, -0.2) is 13.6 Å². The average molecular weight is 480 g/mol. The summed E-state index contributed by atoms with van der Waals surface area (Å²) in [6, 6.07) is 18.7. The first-order valence-electron chi connectivity index (χ1n) is 10.6. The van der Waals surface area contributed by atoms with Gasteiger partial charge >= 0.3 is 6.03 Å². The second-order valence-corrected chi connectivity index (χ2v) is 8.66. The number of carbonyl (C=O) groups excluding carboxylic acids is 1. The highest BCUT2D eigenvalue weighted by Crippen LogP contribution is 2.26. The molecule has 0 aliphatic heterocycles. The number of nitrogens with zero attached hydrogens (tertiary/aromatic N) is 3. The zero-order valence-electron chi connectivity index (χ0n) is 18.7. The summed E-state index contributed by atoms with van der Waals surface area (Å²) in [6.07, 6.45) is 0. The van der Waals surface area contributed by atoms with E-state index in [-0.39, 0.29) is 12.2 Å². The van der Waals surface area contributed by atoms with Crippen LogP contribution in [0.1, 0.15) is 22.5 Å². The Hall–Kier alpha value is -3.72. The molecule has 0 aliphatic rings. The van der Waals surface area contributed by atoms with E-state index in [4.69, 9.17) is 0 Å². The third-order valence-electron chi connectivity index (χ3n) is 5.20. The molecule has 0 aliphatic carbocycles. The summed E-state index contributed by atoms with van der Waals surface area (Å²) in [5.74, 6) is -0.752. The van der Waals surface area contributed by atoms with Crippen molar-refractivity contribution in [3.63, 3.8) is 0 Å². The number of hydrogen-bond acceptors (Lipinski definition) is 4. The number of rotatable bonds is 7. The molecule has 0 radical (unpaired) electrons. The van der Waals surface area contributed by atoms with Crippen LogP contribution in [-0.4, -0.2) is 20.8 Å². The van der Waals surface area contributed by atoms with Crippen LogP contribution in [0, 0.1) is 25.5 Å². The summed E-state index contributed by atoms with van der Waals surface area (Å²) in [5, 5.41) is 14.5. The molecule has 0 spiro atoms. The molecule has 6 nitrogen and oxygen atoms in total. The van der Waals surface area contributed by atoms with Crippen molar-refractivity contribution in [3.8, 4) is 5.69 Å². The highest BCUT2D eigenvalue weighted by Gasteiger charge is 2.16. The summed E-state index contributed by atoms with van der Waals surface area (Å²) in [5.41, 5.74) is 4.55. The van der Waals surface area contributed by atoms with Gasteiger partial charge in [-0.15, -0.1) is 10.2 Å². The lowest BCUT2D eigenvalue weighted by atomic mass is 10.1. The number of urea groups is 1. The first-order chi connectivity index (χ1) is 16.4. The van der Waals surface area contributed by atoms with Crippen LogP contribution < -0.4 is 10.6 Å². The zero-order chi connectivity index (χ0) is 24.1. The van der Waals surface area contributed by atoms with Crippen molar-refractivity contribution in [3.05, 3.63) is 101 Å². The average Bonchev–Trinajstić information content (AvgIpc) is 3.23. The molecule has 1 aromatic heterocycles. The standard InChI is InChI=1S/C25H23F2N5OS/c1-16-7-10-20(11-8-16)32-23(14-28-24(33)29-19-9-12-21(26)22(27)13-19)30-31-25(32)34-15-18-6-4-3-5-17(18)2/h3-13H,14-15H2,1-2H3,(H2,28,29,33). The van der Waals surface area contributed by atoms with Crippen molar-refractivity contribution in [2.24, 2.45) is 0 Å². The van der Waals surface area contributed by atoms with Crippen LogP contribution in [0.15, 0.2) is 71.9 Å². The predicted molar refractivity (Wildman–Crippen MR) is 129 cm³/mol. The fourth-order valence-electron chi connectivity index (χ4n) is 3.28. The lowest BCUT2D eigenvalue weighted by molar-refractivity contribution is 0.251. The van der Waals surface area contributed by atoms with Crippen molar-refractivity contribution < 1.29 is 13.6 Å². The summed E-state index contributed by atoms with van der Waals surface area (Å²) < 4.78 is 28.4. The van der Waals surface area contributed by atoms with Gasteiger partial charge in [0.1, 0.15) is 0 Å². The Morgan fingerprint density at radius 1 is 0.971 bits per heavy atom. The van der Waals surface area contributed by atoms with E-state index in [0.29, 0.717) is 11.0 Å². The van der Waals surface area contributed by atoms with E-state index in [0.717, 1.165) is 29.1 Å². The number of aromatic nitrogens is 3. The van der Waals surface area contributed by atoms with E-state index >= 15 is 0 Å².